The summed E-state index contributed by atoms with van der Waals surface area (Å²) in [6, 6.07) is 0. The van der Waals surface area contributed by atoms with E-state index in [1.807, 2.05) is 20.8 Å². The molecule has 0 aromatic rings. The molecule has 8 rings (SSSR count). The van der Waals surface area contributed by atoms with Crippen LogP contribution in [0.25, 0.3) is 0 Å². The zero-order chi connectivity index (χ0) is 56.2. The van der Waals surface area contributed by atoms with E-state index in [1.165, 1.54) is 0 Å². The number of fused-ring (bicyclic) bond motifs is 7. The third-order valence-electron chi connectivity index (χ3n) is 20.8. The van der Waals surface area contributed by atoms with Crippen LogP contribution in [0.5, 0.6) is 0 Å². The van der Waals surface area contributed by atoms with Crippen LogP contribution in [0.4, 0.5) is 0 Å². The number of aliphatic hydroxyl groups excluding tert-OH is 13. The maximum Gasteiger partial charge on any atom is 0.335 e. The number of hydrogen-bond donors (Lipinski definition) is 14. The Morgan fingerprint density at radius 1 is 0.684 bits per heavy atom. The molecule has 14 N–H and O–H groups in total. The van der Waals surface area contributed by atoms with E-state index in [-0.39, 0.29) is 24.7 Å². The summed E-state index contributed by atoms with van der Waals surface area (Å²) in [6.45, 7) is 12.9. The van der Waals surface area contributed by atoms with Gasteiger partial charge in [0.05, 0.1) is 44.1 Å². The van der Waals surface area contributed by atoms with Gasteiger partial charge < -0.3 is 105 Å². The molecular weight excluding hydrogens is 1000 g/mol. The molecule has 5 aliphatic carbocycles. The molecule has 76 heavy (non-hydrogen) atoms. The average Bonchev–Trinajstić information content (AvgIpc) is 3.58. The summed E-state index contributed by atoms with van der Waals surface area (Å²) in [5.74, 6) is -3.12. The molecule has 27 atom stereocenters. The lowest BCUT2D eigenvalue weighted by Gasteiger charge is -2.72. The van der Waals surface area contributed by atoms with Gasteiger partial charge in [-0.15, -0.1) is 0 Å². The summed E-state index contributed by atoms with van der Waals surface area (Å²) in [6.07, 6.45) is -26.3. The molecule has 0 aromatic heterocycles. The molecule has 27 unspecified atom stereocenters. The zero-order valence-corrected chi connectivity index (χ0v) is 44.6. The van der Waals surface area contributed by atoms with Crippen molar-refractivity contribution in [3.8, 4) is 0 Å². The molecule has 0 amide bonds. The standard InChI is InChI=1S/C53H84O23/c1-9-22(2)44(69)76-42-41(66)53(21-57)24(16-48(42,3)4)23-10-11-28-49(5)14-13-30(50(6,20-56)27(49)12-15-51(28,7)52(23,8)17-29(53)58)72-47-39(74-46-36(64)34(62)32(60)26(19-55)71-46)37(65)38(40(75-47)43(67)68)73-45-35(63)33(61)31(59)25(18-54)70-45/h9-10,24-42,45-47,54-66H,11-21H2,1-8H3,(H,67,68). The number of esters is 1. The Morgan fingerprint density at radius 3 is 1.79 bits per heavy atom. The van der Waals surface area contributed by atoms with Crippen molar-refractivity contribution in [3.63, 3.8) is 0 Å². The molecular formula is C53H84O23. The molecule has 0 spiro atoms. The van der Waals surface area contributed by atoms with Gasteiger partial charge in [-0.3, -0.25) is 0 Å². The molecule has 434 valence electrons. The maximum atomic E-state index is 13.2. The fourth-order valence-corrected chi connectivity index (χ4v) is 15.9. The second-order valence-corrected chi connectivity index (χ2v) is 24.9. The second kappa shape index (κ2) is 21.5. The fraction of sp³-hybridized carbons (Fsp3) is 0.887. The molecule has 3 saturated heterocycles. The van der Waals surface area contributed by atoms with Crippen LogP contribution in [0.15, 0.2) is 23.3 Å². The number of aliphatic hydroxyl groups is 13. The first-order valence-electron chi connectivity index (χ1n) is 26.8. The van der Waals surface area contributed by atoms with Gasteiger partial charge in [-0.05, 0) is 92.8 Å². The maximum absolute atomic E-state index is 13.2. The number of allylic oxidation sites excluding steroid dienone is 3. The molecule has 3 heterocycles. The number of carbonyl (C=O) groups excluding carboxylic acids is 1. The Labute approximate surface area is 442 Å². The van der Waals surface area contributed by atoms with Crippen LogP contribution in [0, 0.1) is 50.2 Å². The summed E-state index contributed by atoms with van der Waals surface area (Å²) in [5, 5.41) is 155. The Balaban J connectivity index is 1.10. The SMILES string of the molecule is CC=C(C)C(=O)OC1C(O)C2(CO)C(O)CC3(C)C(=CCC4C5(C)CCC(OC6OC(C(=O)O)C(OC7OC(CO)C(O)C(O)C7O)C(O)C6OC6OC(CO)C(O)C(O)C6O)C(C)(CO)C5CCC43C)C2CC1(C)C. The summed E-state index contributed by atoms with van der Waals surface area (Å²) in [5.41, 5.74) is -3.57. The van der Waals surface area contributed by atoms with Gasteiger partial charge in [0.1, 0.15) is 79.4 Å². The minimum absolute atomic E-state index is 0.0566. The van der Waals surface area contributed by atoms with Crippen LogP contribution in [-0.2, 0) is 42.7 Å². The van der Waals surface area contributed by atoms with Crippen molar-refractivity contribution >= 4 is 11.9 Å². The van der Waals surface area contributed by atoms with Gasteiger partial charge >= 0.3 is 11.9 Å². The van der Waals surface area contributed by atoms with Gasteiger partial charge in [0.15, 0.2) is 25.0 Å². The number of rotatable bonds is 13. The minimum atomic E-state index is -2.16. The van der Waals surface area contributed by atoms with E-state index < -0.39 is 193 Å². The van der Waals surface area contributed by atoms with Crippen molar-refractivity contribution in [2.75, 3.05) is 26.4 Å². The molecule has 0 radical (unpaired) electrons. The summed E-state index contributed by atoms with van der Waals surface area (Å²) in [4.78, 5) is 26.2. The number of carboxylic acids is 1. The van der Waals surface area contributed by atoms with Crippen molar-refractivity contribution in [2.45, 2.75) is 217 Å². The molecule has 23 nitrogen and oxygen atoms in total. The van der Waals surface area contributed by atoms with Crippen molar-refractivity contribution in [2.24, 2.45) is 50.2 Å². The number of carboxylic acid groups (broad SMARTS) is 1. The molecule has 7 fully saturated rings. The quantitative estimate of drug-likeness (QED) is 0.0415. The second-order valence-electron chi connectivity index (χ2n) is 24.9. The van der Waals surface area contributed by atoms with Gasteiger partial charge in [-0.2, -0.15) is 0 Å². The molecule has 23 heteroatoms. The van der Waals surface area contributed by atoms with E-state index >= 15 is 0 Å². The van der Waals surface area contributed by atoms with Crippen LogP contribution in [0.1, 0.15) is 100 Å². The Hall–Kier alpha value is -2.34. The van der Waals surface area contributed by atoms with E-state index in [0.717, 1.165) is 5.57 Å². The largest absolute Gasteiger partial charge is 0.479 e. The van der Waals surface area contributed by atoms with Crippen molar-refractivity contribution in [1.82, 2.24) is 0 Å². The molecule has 3 aliphatic heterocycles. The zero-order valence-electron chi connectivity index (χ0n) is 44.6. The minimum Gasteiger partial charge on any atom is -0.479 e. The normalized spacial score (nSPS) is 52.3. The lowest BCUT2D eigenvalue weighted by Crippen LogP contribution is -2.72. The molecule has 0 aromatic carbocycles. The first-order valence-corrected chi connectivity index (χ1v) is 26.8. The lowest BCUT2D eigenvalue weighted by atomic mass is 9.33. The Bertz CT molecular complexity index is 2170. The number of aliphatic carboxylic acids is 1. The average molecular weight is 1090 g/mol. The van der Waals surface area contributed by atoms with E-state index in [1.54, 1.807) is 19.9 Å². The van der Waals surface area contributed by atoms with Gasteiger partial charge in [0.25, 0.3) is 0 Å². The molecule has 8 aliphatic rings. The number of hydrogen-bond acceptors (Lipinski definition) is 22. The molecule has 4 saturated carbocycles. The van der Waals surface area contributed by atoms with Crippen LogP contribution < -0.4 is 0 Å². The van der Waals surface area contributed by atoms with Gasteiger partial charge in [-0.1, -0.05) is 59.3 Å². The topological polar surface area (TPSA) is 382 Å². The Kier molecular flexibility index (Phi) is 16.9. The van der Waals surface area contributed by atoms with Crippen molar-refractivity contribution < 1.29 is 114 Å². The van der Waals surface area contributed by atoms with E-state index in [4.69, 9.17) is 33.2 Å². The van der Waals surface area contributed by atoms with Crippen LogP contribution in [-0.4, -0.2) is 226 Å². The van der Waals surface area contributed by atoms with E-state index in [2.05, 4.69) is 26.8 Å². The van der Waals surface area contributed by atoms with Gasteiger partial charge in [0, 0.05) is 16.4 Å². The predicted molar refractivity (Wildman–Crippen MR) is 259 cm³/mol. The number of ether oxygens (including phenoxy) is 7. The van der Waals surface area contributed by atoms with Gasteiger partial charge in [-0.25, -0.2) is 9.59 Å². The van der Waals surface area contributed by atoms with Crippen LogP contribution >= 0.6 is 0 Å². The highest BCUT2D eigenvalue weighted by Gasteiger charge is 2.73. The van der Waals surface area contributed by atoms with Crippen LogP contribution in [0.2, 0.25) is 0 Å². The Morgan fingerprint density at radius 2 is 1.26 bits per heavy atom. The highest BCUT2D eigenvalue weighted by Crippen LogP contribution is 2.76. The predicted octanol–water partition coefficient (Wildman–Crippen LogP) is -1.89. The molecule has 0 bridgehead atoms. The highest BCUT2D eigenvalue weighted by molar-refractivity contribution is 5.87. The van der Waals surface area contributed by atoms with Crippen molar-refractivity contribution in [1.29, 1.82) is 0 Å². The van der Waals surface area contributed by atoms with E-state index in [0.29, 0.717) is 37.7 Å². The first kappa shape index (κ1) is 59.8. The van der Waals surface area contributed by atoms with E-state index in [9.17, 15) is 81.1 Å². The third-order valence-corrected chi connectivity index (χ3v) is 20.8. The first-order chi connectivity index (χ1) is 35.5. The fourth-order valence-electron chi connectivity index (χ4n) is 15.9. The summed E-state index contributed by atoms with van der Waals surface area (Å²) < 4.78 is 41.9. The van der Waals surface area contributed by atoms with Crippen LogP contribution in [0.3, 0.4) is 0 Å². The smallest absolute Gasteiger partial charge is 0.335 e. The highest BCUT2D eigenvalue weighted by atomic mass is 16.8. The summed E-state index contributed by atoms with van der Waals surface area (Å²) >= 11 is 0. The summed E-state index contributed by atoms with van der Waals surface area (Å²) in [7, 11) is 0. The lowest BCUT2D eigenvalue weighted by molar-refractivity contribution is -0.392. The van der Waals surface area contributed by atoms with Gasteiger partial charge in [0.2, 0.25) is 0 Å². The third kappa shape index (κ3) is 9.16. The number of carbonyl (C=O) groups is 2. The monoisotopic (exact) mass is 1090 g/mol. The van der Waals surface area contributed by atoms with Crippen molar-refractivity contribution in [3.05, 3.63) is 23.3 Å².